The molecule has 0 saturated heterocycles. The predicted octanol–water partition coefficient (Wildman–Crippen LogP) is 1.97. The molecule has 1 heterocycles. The summed E-state index contributed by atoms with van der Waals surface area (Å²) in [6.45, 7) is 6.44. The fourth-order valence-corrected chi connectivity index (χ4v) is 4.48. The van der Waals surface area contributed by atoms with Gasteiger partial charge in [0.05, 0.1) is 0 Å². The van der Waals surface area contributed by atoms with E-state index in [-0.39, 0.29) is 16.8 Å². The van der Waals surface area contributed by atoms with Gasteiger partial charge in [-0.1, -0.05) is 20.3 Å². The van der Waals surface area contributed by atoms with Crippen molar-refractivity contribution >= 4 is 15.9 Å². The lowest BCUT2D eigenvalue weighted by atomic mass is 9.80. The Labute approximate surface area is 138 Å². The highest BCUT2D eigenvalue weighted by Gasteiger charge is 2.28. The summed E-state index contributed by atoms with van der Waals surface area (Å²) in [5, 5.41) is 2.99. The molecule has 1 aliphatic carbocycles. The van der Waals surface area contributed by atoms with E-state index in [1.165, 1.54) is 23.0 Å². The molecule has 0 spiro atoms. The lowest BCUT2D eigenvalue weighted by molar-refractivity contribution is 0.0901. The molecule has 1 aromatic heterocycles. The second-order valence-electron chi connectivity index (χ2n) is 6.21. The van der Waals surface area contributed by atoms with Crippen LogP contribution < -0.4 is 5.32 Å². The number of aromatic nitrogens is 1. The zero-order valence-corrected chi connectivity index (χ0v) is 15.2. The number of rotatable bonds is 7. The van der Waals surface area contributed by atoms with E-state index in [1.54, 1.807) is 25.5 Å². The summed E-state index contributed by atoms with van der Waals surface area (Å²) < 4.78 is 28.1. The summed E-state index contributed by atoms with van der Waals surface area (Å²) in [5.74, 6) is 0.325. The van der Waals surface area contributed by atoms with E-state index in [2.05, 4.69) is 5.32 Å². The number of sulfonamides is 1. The Morgan fingerprint density at radius 1 is 1.39 bits per heavy atom. The van der Waals surface area contributed by atoms with Crippen molar-refractivity contribution in [2.45, 2.75) is 51.0 Å². The first kappa shape index (κ1) is 18.0. The number of hydrogen-bond acceptors (Lipinski definition) is 3. The Hall–Kier alpha value is -1.34. The molecule has 23 heavy (non-hydrogen) atoms. The number of nitrogens with one attached hydrogen (secondary N) is 1. The van der Waals surface area contributed by atoms with Crippen LogP contribution in [0.2, 0.25) is 0 Å². The zero-order chi connectivity index (χ0) is 17.2. The minimum Gasteiger partial charge on any atom is -0.348 e. The number of nitrogens with zero attached hydrogens (tertiary/aromatic N) is 2. The molecule has 0 bridgehead atoms. The van der Waals surface area contributed by atoms with Gasteiger partial charge in [0.15, 0.2) is 0 Å². The van der Waals surface area contributed by atoms with Crippen molar-refractivity contribution in [3.8, 4) is 0 Å². The topological polar surface area (TPSA) is 71.4 Å². The normalized spacial score (nSPS) is 17.1. The van der Waals surface area contributed by atoms with Crippen LogP contribution in [-0.4, -0.2) is 42.3 Å². The van der Waals surface area contributed by atoms with Gasteiger partial charge in [0, 0.05) is 32.4 Å². The van der Waals surface area contributed by atoms with E-state index in [9.17, 15) is 13.2 Å². The maximum absolute atomic E-state index is 12.5. The lowest BCUT2D eigenvalue weighted by Crippen LogP contribution is -2.41. The maximum atomic E-state index is 12.5. The van der Waals surface area contributed by atoms with Crippen molar-refractivity contribution in [1.29, 1.82) is 0 Å². The molecule has 0 aromatic carbocycles. The summed E-state index contributed by atoms with van der Waals surface area (Å²) in [4.78, 5) is 12.6. The largest absolute Gasteiger partial charge is 0.348 e. The van der Waals surface area contributed by atoms with E-state index in [0.717, 1.165) is 12.8 Å². The molecule has 1 N–H and O–H groups in total. The molecule has 1 aliphatic rings. The minimum atomic E-state index is -3.54. The number of aryl methyl sites for hydroxylation is 1. The van der Waals surface area contributed by atoms with Gasteiger partial charge in [-0.05, 0) is 31.7 Å². The van der Waals surface area contributed by atoms with E-state index in [1.807, 2.05) is 6.92 Å². The van der Waals surface area contributed by atoms with Crippen molar-refractivity contribution in [3.05, 3.63) is 18.0 Å². The molecule has 1 fully saturated rings. The summed E-state index contributed by atoms with van der Waals surface area (Å²) in [7, 11) is -1.84. The SMILES string of the molecule is CCN(CC)S(=O)(=O)c1cc(C(=O)N[C@@H](C)C2CCC2)n(C)c1. The van der Waals surface area contributed by atoms with Gasteiger partial charge in [0.2, 0.25) is 10.0 Å². The minimum absolute atomic E-state index is 0.119. The van der Waals surface area contributed by atoms with Crippen LogP contribution in [0.15, 0.2) is 17.2 Å². The second kappa shape index (κ2) is 7.05. The summed E-state index contributed by atoms with van der Waals surface area (Å²) in [6, 6.07) is 1.59. The first-order chi connectivity index (χ1) is 10.8. The molecule has 6 nitrogen and oxygen atoms in total. The van der Waals surface area contributed by atoms with Gasteiger partial charge < -0.3 is 9.88 Å². The number of amides is 1. The molecule has 1 atom stereocenters. The molecule has 7 heteroatoms. The lowest BCUT2D eigenvalue weighted by Gasteiger charge is -2.31. The smallest absolute Gasteiger partial charge is 0.268 e. The zero-order valence-electron chi connectivity index (χ0n) is 14.4. The van der Waals surface area contributed by atoms with Gasteiger partial charge in [-0.25, -0.2) is 8.42 Å². The number of carbonyl (C=O) groups is 1. The van der Waals surface area contributed by atoms with E-state index in [4.69, 9.17) is 0 Å². The summed E-state index contributed by atoms with van der Waals surface area (Å²) in [6.07, 6.45) is 5.03. The molecule has 1 amide bonds. The van der Waals surface area contributed by atoms with Gasteiger partial charge in [-0.15, -0.1) is 0 Å². The highest BCUT2D eigenvalue weighted by Crippen LogP contribution is 2.29. The van der Waals surface area contributed by atoms with Crippen LogP contribution in [0.25, 0.3) is 0 Å². The van der Waals surface area contributed by atoms with Crippen molar-refractivity contribution in [2.75, 3.05) is 13.1 Å². The molecule has 1 saturated carbocycles. The fraction of sp³-hybridized carbons (Fsp3) is 0.688. The van der Waals surface area contributed by atoms with Crippen LogP contribution in [0.1, 0.15) is 50.5 Å². The molecular formula is C16H27N3O3S. The Morgan fingerprint density at radius 2 is 2.00 bits per heavy atom. The van der Waals surface area contributed by atoms with Crippen molar-refractivity contribution in [3.63, 3.8) is 0 Å². The Morgan fingerprint density at radius 3 is 2.48 bits per heavy atom. The van der Waals surface area contributed by atoms with Crippen molar-refractivity contribution in [1.82, 2.24) is 14.2 Å². The van der Waals surface area contributed by atoms with Crippen LogP contribution in [0.4, 0.5) is 0 Å². The monoisotopic (exact) mass is 341 g/mol. The highest BCUT2D eigenvalue weighted by molar-refractivity contribution is 7.89. The molecule has 1 aromatic rings. The molecular weight excluding hydrogens is 314 g/mol. The highest BCUT2D eigenvalue weighted by atomic mass is 32.2. The quantitative estimate of drug-likeness (QED) is 0.824. The van der Waals surface area contributed by atoms with Crippen LogP contribution in [0.3, 0.4) is 0 Å². The first-order valence-corrected chi connectivity index (χ1v) is 9.72. The van der Waals surface area contributed by atoms with Crippen LogP contribution in [0.5, 0.6) is 0 Å². The molecule has 0 radical (unpaired) electrons. The second-order valence-corrected chi connectivity index (χ2v) is 8.15. The average molecular weight is 341 g/mol. The molecule has 0 aliphatic heterocycles. The van der Waals surface area contributed by atoms with E-state index < -0.39 is 10.0 Å². The Kier molecular flexibility index (Phi) is 5.52. The third kappa shape index (κ3) is 3.61. The van der Waals surface area contributed by atoms with Gasteiger partial charge in [-0.2, -0.15) is 4.31 Å². The Balaban J connectivity index is 2.18. The third-order valence-corrected chi connectivity index (χ3v) is 6.79. The van der Waals surface area contributed by atoms with Crippen LogP contribution in [-0.2, 0) is 17.1 Å². The molecule has 130 valence electrons. The number of hydrogen-bond donors (Lipinski definition) is 1. The predicted molar refractivity (Wildman–Crippen MR) is 89.8 cm³/mol. The first-order valence-electron chi connectivity index (χ1n) is 8.28. The van der Waals surface area contributed by atoms with E-state index >= 15 is 0 Å². The standard InChI is InChI=1S/C16H27N3O3S/c1-5-19(6-2)23(21,22)14-10-15(18(4)11-14)16(20)17-12(3)13-8-7-9-13/h10-13H,5-9H2,1-4H3,(H,17,20)/t12-/m0/s1. The molecule has 0 unspecified atom stereocenters. The van der Waals surface area contributed by atoms with Crippen molar-refractivity contribution in [2.24, 2.45) is 13.0 Å². The van der Waals surface area contributed by atoms with Crippen LogP contribution >= 0.6 is 0 Å². The van der Waals surface area contributed by atoms with Gasteiger partial charge >= 0.3 is 0 Å². The maximum Gasteiger partial charge on any atom is 0.268 e. The molecule has 2 rings (SSSR count). The average Bonchev–Trinajstić information content (AvgIpc) is 2.80. The van der Waals surface area contributed by atoms with Crippen LogP contribution in [0, 0.1) is 5.92 Å². The fourth-order valence-electron chi connectivity index (χ4n) is 2.95. The summed E-state index contributed by atoms with van der Waals surface area (Å²) in [5.41, 5.74) is 0.377. The van der Waals surface area contributed by atoms with Crippen molar-refractivity contribution < 1.29 is 13.2 Å². The summed E-state index contributed by atoms with van der Waals surface area (Å²) >= 11 is 0. The third-order valence-electron chi connectivity index (χ3n) is 4.77. The van der Waals surface area contributed by atoms with Gasteiger partial charge in [0.1, 0.15) is 10.6 Å². The Bertz CT molecular complexity index is 658. The van der Waals surface area contributed by atoms with Gasteiger partial charge in [-0.3, -0.25) is 4.79 Å². The number of carbonyl (C=O) groups excluding carboxylic acids is 1. The van der Waals surface area contributed by atoms with E-state index in [0.29, 0.717) is 24.7 Å². The van der Waals surface area contributed by atoms with Gasteiger partial charge in [0.25, 0.3) is 5.91 Å².